The average molecular weight is 196 g/mol. The third-order valence-corrected chi connectivity index (χ3v) is 2.45. The molecule has 1 unspecified atom stereocenters. The fourth-order valence-corrected chi connectivity index (χ4v) is 1.76. The summed E-state index contributed by atoms with van der Waals surface area (Å²) in [5.74, 6) is 0. The van der Waals surface area contributed by atoms with Gasteiger partial charge in [-0.3, -0.25) is 4.90 Å². The van der Waals surface area contributed by atoms with E-state index in [0.29, 0.717) is 6.61 Å². The molecule has 0 aromatic rings. The molecule has 1 fully saturated rings. The van der Waals surface area contributed by atoms with Crippen LogP contribution in [0.25, 0.3) is 0 Å². The Kier molecular flexibility index (Phi) is 4.32. The highest BCUT2D eigenvalue weighted by atomic mass is 16.5. The van der Waals surface area contributed by atoms with Crippen LogP contribution < -0.4 is 5.73 Å². The fourth-order valence-electron chi connectivity index (χ4n) is 1.76. The van der Waals surface area contributed by atoms with Crippen molar-refractivity contribution in [2.45, 2.75) is 12.0 Å². The molecule has 0 bridgehead atoms. The highest BCUT2D eigenvalue weighted by Crippen LogP contribution is 2.16. The van der Waals surface area contributed by atoms with Gasteiger partial charge < -0.3 is 10.5 Å². The fraction of sp³-hybridized carbons (Fsp3) is 0.636. The quantitative estimate of drug-likeness (QED) is 0.638. The van der Waals surface area contributed by atoms with Crippen LogP contribution in [0.4, 0.5) is 0 Å². The highest BCUT2D eigenvalue weighted by Gasteiger charge is 2.31. The minimum Gasteiger partial charge on any atom is -0.379 e. The van der Waals surface area contributed by atoms with Gasteiger partial charge in [-0.05, 0) is 6.42 Å². The summed E-state index contributed by atoms with van der Waals surface area (Å²) in [4.78, 5) is 2.23. The lowest BCUT2D eigenvalue weighted by Gasteiger charge is -2.29. The number of hydrogen-bond donors (Lipinski definition) is 1. The smallest absolute Gasteiger partial charge is 0.0659 e. The molecule has 1 aliphatic rings. The van der Waals surface area contributed by atoms with Crippen molar-refractivity contribution in [3.63, 3.8) is 0 Å². The summed E-state index contributed by atoms with van der Waals surface area (Å²) in [5.41, 5.74) is 6.01. The lowest BCUT2D eigenvalue weighted by Crippen LogP contribution is -2.50. The summed E-state index contributed by atoms with van der Waals surface area (Å²) in [5, 5.41) is 0. The van der Waals surface area contributed by atoms with Gasteiger partial charge >= 0.3 is 0 Å². The van der Waals surface area contributed by atoms with Crippen LogP contribution in [-0.2, 0) is 4.74 Å². The molecule has 0 saturated carbocycles. The van der Waals surface area contributed by atoms with Gasteiger partial charge in [-0.2, -0.15) is 0 Å². The van der Waals surface area contributed by atoms with Gasteiger partial charge in [0.05, 0.1) is 12.1 Å². The van der Waals surface area contributed by atoms with E-state index < -0.39 is 0 Å². The molecule has 0 aromatic heterocycles. The molecular formula is C11H20N2O. The van der Waals surface area contributed by atoms with E-state index >= 15 is 0 Å². The summed E-state index contributed by atoms with van der Waals surface area (Å²) in [6.45, 7) is 11.5. The number of ether oxygens (including phenoxy) is 1. The second kappa shape index (κ2) is 5.29. The van der Waals surface area contributed by atoms with E-state index in [1.807, 2.05) is 12.2 Å². The molecule has 2 N–H and O–H groups in total. The van der Waals surface area contributed by atoms with Crippen LogP contribution in [0.2, 0.25) is 0 Å². The maximum absolute atomic E-state index is 6.19. The Morgan fingerprint density at radius 3 is 2.43 bits per heavy atom. The molecule has 1 atom stereocenters. The maximum Gasteiger partial charge on any atom is 0.0659 e. The lowest BCUT2D eigenvalue weighted by atomic mass is 9.99. The summed E-state index contributed by atoms with van der Waals surface area (Å²) in [6.07, 6.45) is 4.73. The minimum atomic E-state index is -0.175. The van der Waals surface area contributed by atoms with Gasteiger partial charge in [0.25, 0.3) is 0 Å². The van der Waals surface area contributed by atoms with Crippen LogP contribution in [0.5, 0.6) is 0 Å². The van der Waals surface area contributed by atoms with Gasteiger partial charge in [0.15, 0.2) is 0 Å². The first-order valence-electron chi connectivity index (χ1n) is 5.01. The van der Waals surface area contributed by atoms with Crippen molar-refractivity contribution in [3.05, 3.63) is 25.3 Å². The van der Waals surface area contributed by atoms with Crippen LogP contribution in [0.15, 0.2) is 25.3 Å². The second-order valence-corrected chi connectivity index (χ2v) is 3.94. The van der Waals surface area contributed by atoms with E-state index in [0.717, 1.165) is 32.7 Å². The van der Waals surface area contributed by atoms with Gasteiger partial charge in [0.2, 0.25) is 0 Å². The Morgan fingerprint density at radius 2 is 2.00 bits per heavy atom. The minimum absolute atomic E-state index is 0.175. The lowest BCUT2D eigenvalue weighted by molar-refractivity contribution is 0.161. The molecule has 14 heavy (non-hydrogen) atoms. The molecule has 1 saturated heterocycles. The van der Waals surface area contributed by atoms with Crippen molar-refractivity contribution in [3.8, 4) is 0 Å². The van der Waals surface area contributed by atoms with Gasteiger partial charge in [0.1, 0.15) is 0 Å². The zero-order valence-electron chi connectivity index (χ0n) is 8.74. The van der Waals surface area contributed by atoms with E-state index in [1.165, 1.54) is 0 Å². The van der Waals surface area contributed by atoms with E-state index in [4.69, 9.17) is 10.5 Å². The Hall–Kier alpha value is -0.640. The first-order valence-corrected chi connectivity index (χ1v) is 5.01. The molecule has 0 amide bonds. The number of nitrogens with two attached hydrogens (primary N) is 1. The number of hydrogen-bond acceptors (Lipinski definition) is 3. The molecule has 0 radical (unpaired) electrons. The standard InChI is InChI=1S/C11H20N2O/c1-3-6-13(7-4-2)9-11(12)5-8-14-10-11/h3-4H,1-2,5-10,12H2. The number of rotatable bonds is 6. The molecular weight excluding hydrogens is 176 g/mol. The largest absolute Gasteiger partial charge is 0.379 e. The highest BCUT2D eigenvalue weighted by molar-refractivity contribution is 4.93. The van der Waals surface area contributed by atoms with Gasteiger partial charge in [-0.1, -0.05) is 12.2 Å². The predicted molar refractivity (Wildman–Crippen MR) is 59.2 cm³/mol. The third kappa shape index (κ3) is 3.25. The average Bonchev–Trinajstić information content (AvgIpc) is 2.53. The van der Waals surface area contributed by atoms with Gasteiger partial charge in [-0.15, -0.1) is 13.2 Å². The van der Waals surface area contributed by atoms with Crippen molar-refractivity contribution in [2.24, 2.45) is 5.73 Å². The van der Waals surface area contributed by atoms with E-state index in [2.05, 4.69) is 18.1 Å². The SMILES string of the molecule is C=CCN(CC=C)CC1(N)CCOC1. The Morgan fingerprint density at radius 1 is 1.36 bits per heavy atom. The van der Waals surface area contributed by atoms with Crippen LogP contribution in [-0.4, -0.2) is 43.3 Å². The summed E-state index contributed by atoms with van der Waals surface area (Å²) in [6, 6.07) is 0. The van der Waals surface area contributed by atoms with Crippen LogP contribution in [0, 0.1) is 0 Å². The molecule has 1 aliphatic heterocycles. The number of nitrogens with zero attached hydrogens (tertiary/aromatic N) is 1. The Bertz CT molecular complexity index is 187. The van der Waals surface area contributed by atoms with Crippen LogP contribution in [0.1, 0.15) is 6.42 Å². The molecule has 1 heterocycles. The normalized spacial score (nSPS) is 26.7. The van der Waals surface area contributed by atoms with Crippen molar-refractivity contribution in [1.82, 2.24) is 4.90 Å². The van der Waals surface area contributed by atoms with Gasteiger partial charge in [0, 0.05) is 26.2 Å². The van der Waals surface area contributed by atoms with Crippen molar-refractivity contribution in [1.29, 1.82) is 0 Å². The predicted octanol–water partition coefficient (Wildman–Crippen LogP) is 0.778. The monoisotopic (exact) mass is 196 g/mol. The van der Waals surface area contributed by atoms with Crippen LogP contribution >= 0.6 is 0 Å². The van der Waals surface area contributed by atoms with E-state index in [1.54, 1.807) is 0 Å². The molecule has 80 valence electrons. The maximum atomic E-state index is 6.19. The zero-order valence-corrected chi connectivity index (χ0v) is 8.74. The molecule has 1 rings (SSSR count). The third-order valence-electron chi connectivity index (χ3n) is 2.45. The molecule has 3 heteroatoms. The second-order valence-electron chi connectivity index (χ2n) is 3.94. The summed E-state index contributed by atoms with van der Waals surface area (Å²) in [7, 11) is 0. The summed E-state index contributed by atoms with van der Waals surface area (Å²) < 4.78 is 5.31. The first-order chi connectivity index (χ1) is 6.70. The van der Waals surface area contributed by atoms with Crippen molar-refractivity contribution >= 4 is 0 Å². The Labute approximate surface area is 86.2 Å². The topological polar surface area (TPSA) is 38.5 Å². The van der Waals surface area contributed by atoms with Crippen molar-refractivity contribution in [2.75, 3.05) is 32.8 Å². The van der Waals surface area contributed by atoms with Gasteiger partial charge in [-0.25, -0.2) is 0 Å². The molecule has 3 nitrogen and oxygen atoms in total. The van der Waals surface area contributed by atoms with Crippen molar-refractivity contribution < 1.29 is 4.74 Å². The Balaban J connectivity index is 2.43. The molecule has 0 aromatic carbocycles. The first kappa shape index (κ1) is 11.4. The zero-order chi connectivity index (χ0) is 10.4. The van der Waals surface area contributed by atoms with E-state index in [9.17, 15) is 0 Å². The molecule has 0 spiro atoms. The summed E-state index contributed by atoms with van der Waals surface area (Å²) >= 11 is 0. The molecule has 0 aliphatic carbocycles. The van der Waals surface area contributed by atoms with E-state index in [-0.39, 0.29) is 5.54 Å². The van der Waals surface area contributed by atoms with Crippen LogP contribution in [0.3, 0.4) is 0 Å².